The summed E-state index contributed by atoms with van der Waals surface area (Å²) >= 11 is 0. The Bertz CT molecular complexity index is 1460. The van der Waals surface area contributed by atoms with Crippen LogP contribution in [0.25, 0.3) is 10.9 Å². The minimum atomic E-state index is -0.661. The highest BCUT2D eigenvalue weighted by molar-refractivity contribution is 6.06. The second-order valence-electron chi connectivity index (χ2n) is 8.87. The highest BCUT2D eigenvalue weighted by Gasteiger charge is 2.50. The van der Waals surface area contributed by atoms with Gasteiger partial charge in [0.05, 0.1) is 25.8 Å². The van der Waals surface area contributed by atoms with Crippen molar-refractivity contribution in [3.63, 3.8) is 0 Å². The summed E-state index contributed by atoms with van der Waals surface area (Å²) in [6.45, 7) is 0.397. The zero-order chi connectivity index (χ0) is 24.1. The minimum absolute atomic E-state index is 0.179. The lowest BCUT2D eigenvalue weighted by Gasteiger charge is -2.37. The highest BCUT2D eigenvalue weighted by atomic mass is 16.5. The molecular formula is C28H25N3O4. The molecule has 0 spiro atoms. The molecule has 0 fully saturated rings. The molecule has 4 aromatic rings. The van der Waals surface area contributed by atoms with Gasteiger partial charge in [0.1, 0.15) is 6.04 Å². The summed E-state index contributed by atoms with van der Waals surface area (Å²) in [5.41, 5.74) is 5.26. The van der Waals surface area contributed by atoms with Gasteiger partial charge in [-0.1, -0.05) is 54.6 Å². The molecule has 0 saturated carbocycles. The zero-order valence-corrected chi connectivity index (χ0v) is 19.5. The molecule has 2 unspecified atom stereocenters. The lowest BCUT2D eigenvalue weighted by atomic mass is 9.89. The van der Waals surface area contributed by atoms with Gasteiger partial charge in [-0.2, -0.15) is 0 Å². The fraction of sp³-hybridized carbons (Fsp3) is 0.214. The van der Waals surface area contributed by atoms with Crippen LogP contribution in [0.4, 0.5) is 0 Å². The first-order valence-electron chi connectivity index (χ1n) is 11.6. The molecule has 176 valence electrons. The molecule has 3 heterocycles. The number of para-hydroxylation sites is 1. The molecule has 0 saturated heterocycles. The molecule has 6 rings (SSSR count). The van der Waals surface area contributed by atoms with E-state index < -0.39 is 12.1 Å². The summed E-state index contributed by atoms with van der Waals surface area (Å²) in [7, 11) is 3.08. The monoisotopic (exact) mass is 467 g/mol. The summed E-state index contributed by atoms with van der Waals surface area (Å²) in [5.74, 6) is 0.471. The Morgan fingerprint density at radius 1 is 1.03 bits per heavy atom. The Morgan fingerprint density at radius 3 is 2.57 bits per heavy atom. The predicted molar refractivity (Wildman–Crippen MR) is 132 cm³/mol. The van der Waals surface area contributed by atoms with Crippen molar-refractivity contribution < 1.29 is 19.1 Å². The second kappa shape index (κ2) is 8.20. The van der Waals surface area contributed by atoms with Crippen molar-refractivity contribution in [2.24, 2.45) is 0 Å². The van der Waals surface area contributed by atoms with E-state index in [1.165, 1.54) is 7.11 Å². The van der Waals surface area contributed by atoms with E-state index in [2.05, 4.69) is 16.4 Å². The molecule has 2 N–H and O–H groups in total. The first-order valence-corrected chi connectivity index (χ1v) is 11.6. The predicted octanol–water partition coefficient (Wildman–Crippen LogP) is 3.97. The van der Waals surface area contributed by atoms with E-state index >= 15 is 0 Å². The number of nitrogens with zero attached hydrogens (tertiary/aromatic N) is 1. The van der Waals surface area contributed by atoms with Crippen LogP contribution in [0.15, 0.2) is 66.7 Å². The maximum absolute atomic E-state index is 13.9. The number of aromatic nitrogens is 1. The van der Waals surface area contributed by atoms with Gasteiger partial charge in [-0.05, 0) is 28.8 Å². The van der Waals surface area contributed by atoms with Crippen molar-refractivity contribution in [2.75, 3.05) is 14.2 Å². The van der Waals surface area contributed by atoms with Crippen LogP contribution >= 0.6 is 0 Å². The van der Waals surface area contributed by atoms with Gasteiger partial charge in [0.2, 0.25) is 5.91 Å². The number of aromatic amines is 1. The summed E-state index contributed by atoms with van der Waals surface area (Å²) in [6.07, 6.45) is 0.426. The molecule has 0 radical (unpaired) electrons. The second-order valence-corrected chi connectivity index (χ2v) is 8.87. The Balaban J connectivity index is 1.47. The van der Waals surface area contributed by atoms with Gasteiger partial charge in [-0.25, -0.2) is 0 Å². The Kier molecular flexibility index (Phi) is 4.99. The SMILES string of the molecule is COc1ccc2c(c1OC)C(=O)N1C(C(=O)NCc3ccccc3)Cc3c([nH]c4ccccc34)C21. The fourth-order valence-electron chi connectivity index (χ4n) is 5.49. The molecule has 0 aliphatic carbocycles. The van der Waals surface area contributed by atoms with E-state index in [9.17, 15) is 9.59 Å². The molecule has 7 nitrogen and oxygen atoms in total. The number of fused-ring (bicyclic) bond motifs is 7. The number of H-pyrrole nitrogens is 1. The number of hydrogen-bond acceptors (Lipinski definition) is 4. The normalized spacial score (nSPS) is 18.1. The van der Waals surface area contributed by atoms with Crippen molar-refractivity contribution in [1.82, 2.24) is 15.2 Å². The van der Waals surface area contributed by atoms with Crippen LogP contribution in [-0.2, 0) is 17.8 Å². The molecule has 35 heavy (non-hydrogen) atoms. The maximum atomic E-state index is 13.9. The third kappa shape index (κ3) is 3.19. The molecule has 0 bridgehead atoms. The smallest absolute Gasteiger partial charge is 0.259 e. The lowest BCUT2D eigenvalue weighted by Crippen LogP contribution is -2.52. The Morgan fingerprint density at radius 2 is 1.80 bits per heavy atom. The van der Waals surface area contributed by atoms with E-state index in [0.29, 0.717) is 30.0 Å². The number of benzene rings is 3. The van der Waals surface area contributed by atoms with Gasteiger partial charge in [-0.15, -0.1) is 0 Å². The number of hydrogen-bond donors (Lipinski definition) is 2. The van der Waals surface area contributed by atoms with Crippen LogP contribution < -0.4 is 14.8 Å². The fourth-order valence-corrected chi connectivity index (χ4v) is 5.49. The molecular weight excluding hydrogens is 442 g/mol. The standard InChI is InChI=1S/C28H25N3O4/c1-34-22-13-12-18-23(26(22)35-2)28(33)31-21(27(32)29-15-16-8-4-3-5-9-16)14-19-17-10-6-7-11-20(17)30-24(19)25(18)31/h3-13,21,25,30H,14-15H2,1-2H3,(H,29,32). The van der Waals surface area contributed by atoms with E-state index in [1.54, 1.807) is 12.0 Å². The van der Waals surface area contributed by atoms with Crippen molar-refractivity contribution >= 4 is 22.7 Å². The number of ether oxygens (including phenoxy) is 2. The molecule has 2 atom stereocenters. The Hall–Kier alpha value is -4.26. The zero-order valence-electron chi connectivity index (χ0n) is 19.5. The third-order valence-corrected chi connectivity index (χ3v) is 7.06. The van der Waals surface area contributed by atoms with E-state index in [1.807, 2.05) is 60.7 Å². The van der Waals surface area contributed by atoms with Gasteiger partial charge >= 0.3 is 0 Å². The lowest BCUT2D eigenvalue weighted by molar-refractivity contribution is -0.126. The molecule has 2 aliphatic heterocycles. The molecule has 2 amide bonds. The third-order valence-electron chi connectivity index (χ3n) is 7.06. The van der Waals surface area contributed by atoms with Gasteiger partial charge in [0, 0.05) is 29.6 Å². The van der Waals surface area contributed by atoms with Gasteiger partial charge in [0.25, 0.3) is 5.91 Å². The molecule has 7 heteroatoms. The van der Waals surface area contributed by atoms with Gasteiger partial charge < -0.3 is 24.7 Å². The average molecular weight is 468 g/mol. The summed E-state index contributed by atoms with van der Waals surface area (Å²) in [6, 6.07) is 20.5. The van der Waals surface area contributed by atoms with E-state index in [-0.39, 0.29) is 11.8 Å². The van der Waals surface area contributed by atoms with Crippen LogP contribution in [0.2, 0.25) is 0 Å². The van der Waals surface area contributed by atoms with Crippen LogP contribution in [0.5, 0.6) is 11.5 Å². The summed E-state index contributed by atoms with van der Waals surface area (Å²) in [5, 5.41) is 4.13. The minimum Gasteiger partial charge on any atom is -0.493 e. The van der Waals surface area contributed by atoms with Crippen LogP contribution in [0.3, 0.4) is 0 Å². The maximum Gasteiger partial charge on any atom is 0.259 e. The number of carbonyl (C=O) groups excluding carboxylic acids is 2. The van der Waals surface area contributed by atoms with Crippen LogP contribution in [-0.4, -0.2) is 42.0 Å². The van der Waals surface area contributed by atoms with Gasteiger partial charge in [0.15, 0.2) is 11.5 Å². The Labute approximate surface area is 202 Å². The van der Waals surface area contributed by atoms with Crippen LogP contribution in [0, 0.1) is 0 Å². The highest BCUT2D eigenvalue weighted by Crippen LogP contribution is 2.50. The summed E-state index contributed by atoms with van der Waals surface area (Å²) in [4.78, 5) is 32.7. The number of amides is 2. The largest absolute Gasteiger partial charge is 0.493 e. The quantitative estimate of drug-likeness (QED) is 0.465. The average Bonchev–Trinajstić information content (AvgIpc) is 3.42. The van der Waals surface area contributed by atoms with Crippen molar-refractivity contribution in [1.29, 1.82) is 0 Å². The molecule has 1 aromatic heterocycles. The van der Waals surface area contributed by atoms with Crippen molar-refractivity contribution in [3.05, 3.63) is 94.7 Å². The van der Waals surface area contributed by atoms with Crippen LogP contribution in [0.1, 0.15) is 38.8 Å². The number of carbonyl (C=O) groups is 2. The van der Waals surface area contributed by atoms with Crippen molar-refractivity contribution in [2.45, 2.75) is 25.0 Å². The van der Waals surface area contributed by atoms with E-state index in [4.69, 9.17) is 9.47 Å². The first-order chi connectivity index (χ1) is 17.1. The first kappa shape index (κ1) is 21.3. The molecule has 2 aliphatic rings. The number of nitrogens with one attached hydrogen (secondary N) is 2. The van der Waals surface area contributed by atoms with Gasteiger partial charge in [-0.3, -0.25) is 9.59 Å². The topological polar surface area (TPSA) is 83.7 Å². The molecule has 3 aromatic carbocycles. The number of methoxy groups -OCH3 is 2. The summed E-state index contributed by atoms with van der Waals surface area (Å²) < 4.78 is 11.1. The van der Waals surface area contributed by atoms with E-state index in [0.717, 1.165) is 33.3 Å². The number of rotatable bonds is 5. The van der Waals surface area contributed by atoms with Crippen molar-refractivity contribution in [3.8, 4) is 11.5 Å².